The molecular weight excluding hydrogens is 481 g/mol. The van der Waals surface area contributed by atoms with E-state index in [2.05, 4.69) is 64.1 Å². The first kappa shape index (κ1) is 25.2. The normalized spacial score (nSPS) is 15.8. The van der Waals surface area contributed by atoms with Gasteiger partial charge in [0.15, 0.2) is 17.5 Å². The molecule has 6 heteroatoms. The fourth-order valence-electron chi connectivity index (χ4n) is 4.59. The van der Waals surface area contributed by atoms with Crippen molar-refractivity contribution in [2.24, 2.45) is 0 Å². The van der Waals surface area contributed by atoms with E-state index >= 15 is 0 Å². The quantitative estimate of drug-likeness (QED) is 0.242. The van der Waals surface area contributed by atoms with Crippen molar-refractivity contribution in [3.05, 3.63) is 109 Å². The SMILES string of the molecule is CC1(C)OB(c2ccc(-c3cccc(-c4nc(-c5ccccc5)nc(-c5ccccc5)n4)c3)cc2)OC1(C)C. The molecule has 5 aromatic rings. The minimum atomic E-state index is -0.381. The van der Waals surface area contributed by atoms with Gasteiger partial charge in [-0.05, 0) is 50.4 Å². The summed E-state index contributed by atoms with van der Waals surface area (Å²) in [7, 11) is -0.381. The molecule has 1 aromatic heterocycles. The van der Waals surface area contributed by atoms with Crippen LogP contribution in [0.2, 0.25) is 0 Å². The average molecular weight is 511 g/mol. The highest BCUT2D eigenvalue weighted by Gasteiger charge is 2.51. The van der Waals surface area contributed by atoms with E-state index < -0.39 is 0 Å². The lowest BCUT2D eigenvalue weighted by Crippen LogP contribution is -2.41. The highest BCUT2D eigenvalue weighted by atomic mass is 16.7. The zero-order valence-corrected chi connectivity index (χ0v) is 22.6. The van der Waals surface area contributed by atoms with Crippen molar-refractivity contribution in [3.63, 3.8) is 0 Å². The lowest BCUT2D eigenvalue weighted by atomic mass is 9.78. The predicted octanol–water partition coefficient (Wildman–Crippen LogP) is 6.84. The van der Waals surface area contributed by atoms with Gasteiger partial charge in [0.25, 0.3) is 0 Å². The maximum Gasteiger partial charge on any atom is 0.494 e. The van der Waals surface area contributed by atoms with Crippen LogP contribution in [-0.4, -0.2) is 33.3 Å². The molecule has 2 heterocycles. The molecule has 0 amide bonds. The second-order valence-electron chi connectivity index (χ2n) is 10.8. The molecule has 0 radical (unpaired) electrons. The van der Waals surface area contributed by atoms with Crippen LogP contribution in [0, 0.1) is 0 Å². The largest absolute Gasteiger partial charge is 0.494 e. The molecular formula is C33H30BN3O2. The molecule has 1 saturated heterocycles. The number of hydrogen-bond donors (Lipinski definition) is 0. The maximum absolute atomic E-state index is 6.22. The predicted molar refractivity (Wildman–Crippen MR) is 157 cm³/mol. The van der Waals surface area contributed by atoms with Crippen molar-refractivity contribution in [1.82, 2.24) is 15.0 Å². The number of nitrogens with zero attached hydrogens (tertiary/aromatic N) is 3. The molecule has 0 spiro atoms. The van der Waals surface area contributed by atoms with Gasteiger partial charge in [0, 0.05) is 16.7 Å². The number of aromatic nitrogens is 3. The summed E-state index contributed by atoms with van der Waals surface area (Å²) in [5.74, 6) is 1.94. The number of rotatable bonds is 5. The van der Waals surface area contributed by atoms with E-state index in [1.54, 1.807) is 0 Å². The first-order valence-corrected chi connectivity index (χ1v) is 13.2. The Morgan fingerprint density at radius 3 is 1.41 bits per heavy atom. The van der Waals surface area contributed by atoms with Crippen molar-refractivity contribution >= 4 is 12.6 Å². The summed E-state index contributed by atoms with van der Waals surface area (Å²) < 4.78 is 12.4. The molecule has 0 unspecified atom stereocenters. The molecule has 5 nitrogen and oxygen atoms in total. The Kier molecular flexibility index (Phi) is 6.38. The van der Waals surface area contributed by atoms with Crippen LogP contribution in [0.1, 0.15) is 27.7 Å². The van der Waals surface area contributed by atoms with Crippen LogP contribution >= 0.6 is 0 Å². The molecule has 1 fully saturated rings. The third-order valence-electron chi connectivity index (χ3n) is 7.59. The van der Waals surface area contributed by atoms with Crippen LogP contribution in [0.15, 0.2) is 109 Å². The minimum Gasteiger partial charge on any atom is -0.399 e. The summed E-state index contributed by atoms with van der Waals surface area (Å²) in [6.45, 7) is 8.28. The van der Waals surface area contributed by atoms with Gasteiger partial charge >= 0.3 is 7.12 Å². The van der Waals surface area contributed by atoms with Gasteiger partial charge in [-0.3, -0.25) is 0 Å². The van der Waals surface area contributed by atoms with Crippen LogP contribution < -0.4 is 5.46 Å². The first-order chi connectivity index (χ1) is 18.8. The highest BCUT2D eigenvalue weighted by molar-refractivity contribution is 6.62. The minimum absolute atomic E-state index is 0.369. The lowest BCUT2D eigenvalue weighted by molar-refractivity contribution is 0.00578. The molecule has 1 aliphatic rings. The lowest BCUT2D eigenvalue weighted by Gasteiger charge is -2.32. The smallest absolute Gasteiger partial charge is 0.399 e. The van der Waals surface area contributed by atoms with Crippen molar-refractivity contribution < 1.29 is 9.31 Å². The number of benzene rings is 4. The first-order valence-electron chi connectivity index (χ1n) is 13.2. The molecule has 1 aliphatic heterocycles. The Labute approximate surface area is 230 Å². The molecule has 0 aliphatic carbocycles. The zero-order valence-electron chi connectivity index (χ0n) is 22.6. The topological polar surface area (TPSA) is 57.1 Å². The molecule has 0 atom stereocenters. The van der Waals surface area contributed by atoms with Crippen LogP contribution in [0.5, 0.6) is 0 Å². The van der Waals surface area contributed by atoms with Gasteiger partial charge in [-0.1, -0.05) is 103 Å². The van der Waals surface area contributed by atoms with Crippen LogP contribution in [0.25, 0.3) is 45.3 Å². The van der Waals surface area contributed by atoms with Crippen molar-refractivity contribution in [2.45, 2.75) is 38.9 Å². The second-order valence-corrected chi connectivity index (χ2v) is 10.8. The van der Waals surface area contributed by atoms with E-state index in [1.165, 1.54) is 0 Å². The molecule has 39 heavy (non-hydrogen) atoms. The zero-order chi connectivity index (χ0) is 27.0. The van der Waals surface area contributed by atoms with Gasteiger partial charge in [-0.2, -0.15) is 0 Å². The van der Waals surface area contributed by atoms with Gasteiger partial charge in [0.1, 0.15) is 0 Å². The Morgan fingerprint density at radius 1 is 0.462 bits per heavy atom. The summed E-state index contributed by atoms with van der Waals surface area (Å²) in [6, 6.07) is 36.7. The Bertz CT molecular complexity index is 1530. The van der Waals surface area contributed by atoms with Gasteiger partial charge in [-0.15, -0.1) is 0 Å². The standard InChI is InChI=1S/C33H30BN3O2/c1-32(2)33(3,4)39-34(38-32)28-20-18-23(19-21-28)26-16-11-17-27(22-26)31-36-29(24-12-7-5-8-13-24)35-30(37-31)25-14-9-6-10-15-25/h5-22H,1-4H3. The fraction of sp³-hybridized carbons (Fsp3) is 0.182. The van der Waals surface area contributed by atoms with E-state index in [9.17, 15) is 0 Å². The summed E-state index contributed by atoms with van der Waals surface area (Å²) >= 11 is 0. The summed E-state index contributed by atoms with van der Waals surface area (Å²) in [6.07, 6.45) is 0. The Hall–Kier alpha value is -4.13. The van der Waals surface area contributed by atoms with Crippen LogP contribution in [-0.2, 0) is 9.31 Å². The van der Waals surface area contributed by atoms with Crippen LogP contribution in [0.3, 0.4) is 0 Å². The molecule has 0 saturated carbocycles. The molecule has 0 N–H and O–H groups in total. The van der Waals surface area contributed by atoms with E-state index in [1.807, 2.05) is 72.8 Å². The monoisotopic (exact) mass is 511 g/mol. The van der Waals surface area contributed by atoms with E-state index in [0.717, 1.165) is 33.3 Å². The maximum atomic E-state index is 6.22. The van der Waals surface area contributed by atoms with Gasteiger partial charge in [0.2, 0.25) is 0 Å². The second kappa shape index (κ2) is 9.88. The third-order valence-corrected chi connectivity index (χ3v) is 7.59. The Balaban J connectivity index is 1.35. The number of hydrogen-bond acceptors (Lipinski definition) is 5. The van der Waals surface area contributed by atoms with Gasteiger partial charge < -0.3 is 9.31 Å². The summed E-state index contributed by atoms with van der Waals surface area (Å²) in [5.41, 5.74) is 5.28. The van der Waals surface area contributed by atoms with Gasteiger partial charge in [0.05, 0.1) is 11.2 Å². The van der Waals surface area contributed by atoms with E-state index in [0.29, 0.717) is 17.5 Å². The highest BCUT2D eigenvalue weighted by Crippen LogP contribution is 2.36. The fourth-order valence-corrected chi connectivity index (χ4v) is 4.59. The Morgan fingerprint density at radius 2 is 0.897 bits per heavy atom. The van der Waals surface area contributed by atoms with Crippen molar-refractivity contribution in [3.8, 4) is 45.3 Å². The summed E-state index contributed by atoms with van der Waals surface area (Å²) in [4.78, 5) is 14.5. The molecule has 0 bridgehead atoms. The van der Waals surface area contributed by atoms with Crippen molar-refractivity contribution in [1.29, 1.82) is 0 Å². The van der Waals surface area contributed by atoms with Crippen LogP contribution in [0.4, 0.5) is 0 Å². The van der Waals surface area contributed by atoms with Crippen molar-refractivity contribution in [2.75, 3.05) is 0 Å². The summed E-state index contributed by atoms with van der Waals surface area (Å²) in [5, 5.41) is 0. The van der Waals surface area contributed by atoms with E-state index in [4.69, 9.17) is 24.3 Å². The third kappa shape index (κ3) is 5.01. The van der Waals surface area contributed by atoms with Gasteiger partial charge in [-0.25, -0.2) is 15.0 Å². The average Bonchev–Trinajstić information content (AvgIpc) is 3.20. The molecule has 4 aromatic carbocycles. The molecule has 6 rings (SSSR count). The van der Waals surface area contributed by atoms with E-state index in [-0.39, 0.29) is 18.3 Å². The molecule has 192 valence electrons.